The minimum absolute atomic E-state index is 0.222. The van der Waals surface area contributed by atoms with Crippen molar-refractivity contribution in [3.05, 3.63) is 12.7 Å². The Bertz CT molecular complexity index is 572. The van der Waals surface area contributed by atoms with Gasteiger partial charge in [-0.05, 0) is 6.92 Å². The van der Waals surface area contributed by atoms with Crippen LogP contribution in [0.4, 0.5) is 11.9 Å². The summed E-state index contributed by atoms with van der Waals surface area (Å²) in [7, 11) is 1.77. The lowest BCUT2D eigenvalue weighted by molar-refractivity contribution is 0.0980. The Kier molecular flexibility index (Phi) is 3.42. The van der Waals surface area contributed by atoms with E-state index in [1.807, 2.05) is 0 Å². The maximum atomic E-state index is 5.44. The molecule has 1 aliphatic rings. The number of hydrogen-bond donors (Lipinski definition) is 1. The lowest BCUT2D eigenvalue weighted by Crippen LogP contribution is -2.44. The molecule has 3 heterocycles. The summed E-state index contributed by atoms with van der Waals surface area (Å²) in [4.78, 5) is 19.2. The van der Waals surface area contributed by atoms with Crippen molar-refractivity contribution in [2.75, 3.05) is 37.0 Å². The number of nitrogens with zero attached hydrogens (tertiary/aromatic N) is 7. The van der Waals surface area contributed by atoms with Crippen LogP contribution in [0, 0.1) is 0 Å². The van der Waals surface area contributed by atoms with Crippen LogP contribution < -0.4 is 10.2 Å². The summed E-state index contributed by atoms with van der Waals surface area (Å²) < 4.78 is 6.95. The highest BCUT2D eigenvalue weighted by Crippen LogP contribution is 2.17. The second kappa shape index (κ2) is 5.37. The number of hydrogen-bond acceptors (Lipinski definition) is 8. The molecule has 1 saturated heterocycles. The zero-order valence-corrected chi connectivity index (χ0v) is 11.4. The summed E-state index contributed by atoms with van der Waals surface area (Å²) in [6, 6.07) is 0.222. The molecule has 0 amide bonds. The number of aromatic nitrogens is 6. The van der Waals surface area contributed by atoms with Crippen LogP contribution >= 0.6 is 0 Å². The molecule has 1 atom stereocenters. The number of ether oxygens (including phenoxy) is 1. The molecule has 1 fully saturated rings. The summed E-state index contributed by atoms with van der Waals surface area (Å²) in [5.74, 6) is 1.56. The first-order valence-corrected chi connectivity index (χ1v) is 6.41. The second-order valence-electron chi connectivity index (χ2n) is 4.47. The lowest BCUT2D eigenvalue weighted by Gasteiger charge is -2.33. The Morgan fingerprint density at radius 3 is 2.85 bits per heavy atom. The van der Waals surface area contributed by atoms with Crippen molar-refractivity contribution < 1.29 is 4.74 Å². The van der Waals surface area contributed by atoms with Crippen molar-refractivity contribution in [3.63, 3.8) is 0 Å². The lowest BCUT2D eigenvalue weighted by atomic mass is 10.3. The fourth-order valence-corrected chi connectivity index (χ4v) is 2.03. The van der Waals surface area contributed by atoms with Gasteiger partial charge in [-0.25, -0.2) is 4.98 Å². The normalized spacial score (nSPS) is 19.1. The van der Waals surface area contributed by atoms with E-state index in [0.29, 0.717) is 31.1 Å². The van der Waals surface area contributed by atoms with Crippen molar-refractivity contribution in [3.8, 4) is 5.95 Å². The summed E-state index contributed by atoms with van der Waals surface area (Å²) in [5, 5.41) is 6.99. The first-order valence-electron chi connectivity index (χ1n) is 6.41. The van der Waals surface area contributed by atoms with Gasteiger partial charge < -0.3 is 15.0 Å². The monoisotopic (exact) mass is 276 g/mol. The molecule has 0 radical (unpaired) electrons. The molecule has 106 valence electrons. The fraction of sp³-hybridized carbons (Fsp3) is 0.545. The van der Waals surface area contributed by atoms with E-state index in [1.54, 1.807) is 13.4 Å². The van der Waals surface area contributed by atoms with Crippen molar-refractivity contribution in [2.24, 2.45) is 0 Å². The molecule has 1 N–H and O–H groups in total. The molecule has 0 spiro atoms. The first-order chi connectivity index (χ1) is 9.78. The van der Waals surface area contributed by atoms with Gasteiger partial charge in [-0.1, -0.05) is 0 Å². The predicted molar refractivity (Wildman–Crippen MR) is 71.9 cm³/mol. The maximum absolute atomic E-state index is 5.44. The van der Waals surface area contributed by atoms with E-state index in [1.165, 1.54) is 11.0 Å². The van der Waals surface area contributed by atoms with Crippen molar-refractivity contribution in [2.45, 2.75) is 13.0 Å². The maximum Gasteiger partial charge on any atom is 0.258 e. The van der Waals surface area contributed by atoms with Gasteiger partial charge in [-0.2, -0.15) is 24.7 Å². The number of nitrogens with one attached hydrogen (secondary N) is 1. The fourth-order valence-electron chi connectivity index (χ4n) is 2.03. The van der Waals surface area contributed by atoms with E-state index < -0.39 is 0 Å². The second-order valence-corrected chi connectivity index (χ2v) is 4.47. The Morgan fingerprint density at radius 2 is 2.15 bits per heavy atom. The summed E-state index contributed by atoms with van der Waals surface area (Å²) in [5.41, 5.74) is 0. The Labute approximate surface area is 116 Å². The molecular formula is C11H16N8O. The van der Waals surface area contributed by atoms with E-state index in [9.17, 15) is 0 Å². The zero-order chi connectivity index (χ0) is 13.9. The highest BCUT2D eigenvalue weighted by Gasteiger charge is 2.23. The van der Waals surface area contributed by atoms with E-state index >= 15 is 0 Å². The van der Waals surface area contributed by atoms with Crippen LogP contribution in [0.25, 0.3) is 5.95 Å². The van der Waals surface area contributed by atoms with Crippen molar-refractivity contribution >= 4 is 11.9 Å². The van der Waals surface area contributed by atoms with Crippen LogP contribution in [0.3, 0.4) is 0 Å². The first kappa shape index (κ1) is 12.7. The van der Waals surface area contributed by atoms with Gasteiger partial charge in [-0.3, -0.25) is 0 Å². The quantitative estimate of drug-likeness (QED) is 0.818. The molecule has 3 rings (SSSR count). The Hall–Kier alpha value is -2.29. The SMILES string of the molecule is CNc1nc(N2CCOCC2C)nc(-n2cncn2)n1. The summed E-state index contributed by atoms with van der Waals surface area (Å²) in [6.07, 6.45) is 3.00. The van der Waals surface area contributed by atoms with Gasteiger partial charge >= 0.3 is 0 Å². The molecule has 0 aliphatic carbocycles. The minimum Gasteiger partial charge on any atom is -0.377 e. The largest absolute Gasteiger partial charge is 0.377 e. The van der Waals surface area contributed by atoms with Gasteiger partial charge in [-0.15, -0.1) is 0 Å². The van der Waals surface area contributed by atoms with Gasteiger partial charge in [0, 0.05) is 13.6 Å². The van der Waals surface area contributed by atoms with Crippen molar-refractivity contribution in [1.29, 1.82) is 0 Å². The molecule has 0 bridgehead atoms. The molecule has 2 aromatic rings. The van der Waals surface area contributed by atoms with Crippen LogP contribution in [0.2, 0.25) is 0 Å². The van der Waals surface area contributed by atoms with Crippen molar-refractivity contribution in [1.82, 2.24) is 29.7 Å². The van der Waals surface area contributed by atoms with Gasteiger partial charge in [0.1, 0.15) is 12.7 Å². The average molecular weight is 276 g/mol. The van der Waals surface area contributed by atoms with Crippen LogP contribution in [-0.2, 0) is 4.74 Å². The van der Waals surface area contributed by atoms with Gasteiger partial charge in [0.05, 0.1) is 19.3 Å². The third-order valence-electron chi connectivity index (χ3n) is 3.08. The molecular weight excluding hydrogens is 260 g/mol. The smallest absolute Gasteiger partial charge is 0.258 e. The molecule has 2 aromatic heterocycles. The topological polar surface area (TPSA) is 93.9 Å². The molecule has 0 aromatic carbocycles. The van der Waals surface area contributed by atoms with E-state index in [0.717, 1.165) is 6.54 Å². The van der Waals surface area contributed by atoms with Crippen LogP contribution in [0.5, 0.6) is 0 Å². The molecule has 0 saturated carbocycles. The van der Waals surface area contributed by atoms with Gasteiger partial charge in [0.2, 0.25) is 11.9 Å². The number of rotatable bonds is 3. The summed E-state index contributed by atoms with van der Waals surface area (Å²) in [6.45, 7) is 4.17. The number of morpholine rings is 1. The zero-order valence-electron chi connectivity index (χ0n) is 11.4. The molecule has 1 unspecified atom stereocenters. The van der Waals surface area contributed by atoms with Crippen LogP contribution in [-0.4, -0.2) is 62.6 Å². The average Bonchev–Trinajstić information content (AvgIpc) is 3.01. The molecule has 1 aliphatic heterocycles. The Morgan fingerprint density at radius 1 is 1.30 bits per heavy atom. The van der Waals surface area contributed by atoms with Gasteiger partial charge in [0.25, 0.3) is 5.95 Å². The minimum atomic E-state index is 0.222. The standard InChI is InChI=1S/C11H16N8O/c1-8-5-20-4-3-18(8)10-15-9(12-2)16-11(17-10)19-7-13-6-14-19/h6-8H,3-5H2,1-2H3,(H,12,15,16,17). The van der Waals surface area contributed by atoms with Gasteiger partial charge in [0.15, 0.2) is 0 Å². The molecule has 20 heavy (non-hydrogen) atoms. The molecule has 9 heteroatoms. The van der Waals surface area contributed by atoms with E-state index in [4.69, 9.17) is 4.74 Å². The third-order valence-corrected chi connectivity index (χ3v) is 3.08. The predicted octanol–water partition coefficient (Wildman–Crippen LogP) is -0.281. The Balaban J connectivity index is 1.99. The third kappa shape index (κ3) is 2.39. The van der Waals surface area contributed by atoms with E-state index in [2.05, 4.69) is 42.2 Å². The van der Waals surface area contributed by atoms with Crippen LogP contribution in [0.1, 0.15) is 6.92 Å². The summed E-state index contributed by atoms with van der Waals surface area (Å²) >= 11 is 0. The van der Waals surface area contributed by atoms with Crippen LogP contribution in [0.15, 0.2) is 12.7 Å². The highest BCUT2D eigenvalue weighted by molar-refractivity contribution is 5.40. The van der Waals surface area contributed by atoms with E-state index in [-0.39, 0.29) is 6.04 Å². The number of anilines is 2. The molecule has 9 nitrogen and oxygen atoms in total. The highest BCUT2D eigenvalue weighted by atomic mass is 16.5.